The number of fused-ring (bicyclic) bond motifs is 1. The van der Waals surface area contributed by atoms with Crippen molar-refractivity contribution in [3.63, 3.8) is 0 Å². The van der Waals surface area contributed by atoms with Crippen LogP contribution in [0.5, 0.6) is 11.5 Å². The number of nitrogens with one attached hydrogen (secondary N) is 1. The minimum Gasteiger partial charge on any atom is -0.504 e. The Morgan fingerprint density at radius 2 is 2.05 bits per heavy atom. The Labute approximate surface area is 117 Å². The van der Waals surface area contributed by atoms with Crippen LogP contribution in [0.15, 0.2) is 36.4 Å². The van der Waals surface area contributed by atoms with Crippen LogP contribution in [0.1, 0.15) is 6.92 Å². The van der Waals surface area contributed by atoms with Gasteiger partial charge < -0.3 is 15.2 Å². The number of aromatic hydroxyl groups is 1. The fourth-order valence-electron chi connectivity index (χ4n) is 1.83. The van der Waals surface area contributed by atoms with Gasteiger partial charge in [-0.1, -0.05) is 30.2 Å². The highest BCUT2D eigenvalue weighted by molar-refractivity contribution is 5.86. The number of rotatable bonds is 4. The third-order valence-electron chi connectivity index (χ3n) is 2.86. The first-order valence-corrected chi connectivity index (χ1v) is 6.21. The average molecular weight is 269 g/mol. The highest BCUT2D eigenvalue weighted by atomic mass is 16.5. The van der Waals surface area contributed by atoms with Crippen LogP contribution >= 0.6 is 0 Å². The largest absolute Gasteiger partial charge is 0.504 e. The molecule has 0 saturated carbocycles. The van der Waals surface area contributed by atoms with Gasteiger partial charge in [0.15, 0.2) is 17.6 Å². The number of carbonyl (C=O) groups excluding carboxylic acids is 1. The van der Waals surface area contributed by atoms with Crippen molar-refractivity contribution in [2.75, 3.05) is 6.54 Å². The smallest absolute Gasteiger partial charge is 0.261 e. The highest BCUT2D eigenvalue weighted by Crippen LogP contribution is 2.31. The lowest BCUT2D eigenvalue weighted by Crippen LogP contribution is -2.36. The first-order valence-electron chi connectivity index (χ1n) is 6.21. The molecular weight excluding hydrogens is 254 g/mol. The fourth-order valence-corrected chi connectivity index (χ4v) is 1.83. The van der Waals surface area contributed by atoms with Crippen LogP contribution in [-0.2, 0) is 4.79 Å². The maximum Gasteiger partial charge on any atom is 0.261 e. The van der Waals surface area contributed by atoms with Gasteiger partial charge in [-0.2, -0.15) is 0 Å². The van der Waals surface area contributed by atoms with Crippen LogP contribution in [-0.4, -0.2) is 23.7 Å². The van der Waals surface area contributed by atoms with Crippen LogP contribution < -0.4 is 10.1 Å². The van der Waals surface area contributed by atoms with Crippen LogP contribution in [0.25, 0.3) is 10.8 Å². The standard InChI is InChI=1S/C16H15NO3/c1-3-8-17-16(19)11(2)20-15-10-13-7-5-4-6-12(13)9-14(15)18/h1,4-7,9-11,18H,8H2,2H3,(H,17,19). The van der Waals surface area contributed by atoms with Gasteiger partial charge in [-0.25, -0.2) is 0 Å². The summed E-state index contributed by atoms with van der Waals surface area (Å²) in [6.07, 6.45) is 4.33. The molecule has 0 aliphatic rings. The van der Waals surface area contributed by atoms with Gasteiger partial charge in [0.25, 0.3) is 5.91 Å². The van der Waals surface area contributed by atoms with Crippen LogP contribution in [0.2, 0.25) is 0 Å². The molecule has 4 nitrogen and oxygen atoms in total. The van der Waals surface area contributed by atoms with Gasteiger partial charge in [0.05, 0.1) is 6.54 Å². The number of amides is 1. The van der Waals surface area contributed by atoms with E-state index in [1.54, 1.807) is 19.1 Å². The number of hydrogen-bond acceptors (Lipinski definition) is 3. The molecule has 0 bridgehead atoms. The zero-order valence-corrected chi connectivity index (χ0v) is 11.1. The Balaban J connectivity index is 2.19. The molecule has 0 heterocycles. The second-order valence-corrected chi connectivity index (χ2v) is 4.35. The maximum absolute atomic E-state index is 11.7. The molecule has 1 unspecified atom stereocenters. The van der Waals surface area contributed by atoms with Gasteiger partial charge >= 0.3 is 0 Å². The van der Waals surface area contributed by atoms with Gasteiger partial charge in [-0.05, 0) is 29.8 Å². The van der Waals surface area contributed by atoms with E-state index in [2.05, 4.69) is 11.2 Å². The molecule has 0 aliphatic carbocycles. The molecule has 0 aromatic heterocycles. The maximum atomic E-state index is 11.7. The topological polar surface area (TPSA) is 58.6 Å². The Morgan fingerprint density at radius 3 is 2.70 bits per heavy atom. The van der Waals surface area contributed by atoms with E-state index in [1.807, 2.05) is 24.3 Å². The number of phenols is 1. The van der Waals surface area contributed by atoms with Gasteiger partial charge in [0, 0.05) is 0 Å². The normalized spacial score (nSPS) is 11.6. The summed E-state index contributed by atoms with van der Waals surface area (Å²) in [5.74, 6) is 2.26. The summed E-state index contributed by atoms with van der Waals surface area (Å²) in [7, 11) is 0. The van der Waals surface area contributed by atoms with Gasteiger partial charge in [0.2, 0.25) is 0 Å². The van der Waals surface area contributed by atoms with Crippen LogP contribution in [0, 0.1) is 12.3 Å². The first-order chi connectivity index (χ1) is 9.61. The number of terminal acetylenes is 1. The Kier molecular flexibility index (Phi) is 4.11. The zero-order chi connectivity index (χ0) is 14.5. The van der Waals surface area contributed by atoms with Crippen LogP contribution in [0.4, 0.5) is 0 Å². The Hall–Kier alpha value is -2.67. The van der Waals surface area contributed by atoms with Gasteiger partial charge in [-0.3, -0.25) is 4.79 Å². The van der Waals surface area contributed by atoms with Gasteiger partial charge in [-0.15, -0.1) is 6.42 Å². The monoisotopic (exact) mass is 269 g/mol. The van der Waals surface area contributed by atoms with E-state index < -0.39 is 6.10 Å². The molecule has 0 spiro atoms. The van der Waals surface area contributed by atoms with E-state index >= 15 is 0 Å². The van der Waals surface area contributed by atoms with Crippen molar-refractivity contribution < 1.29 is 14.6 Å². The van der Waals surface area contributed by atoms with Crippen molar-refractivity contribution in [3.8, 4) is 23.8 Å². The lowest BCUT2D eigenvalue weighted by atomic mass is 10.1. The Bertz CT molecular complexity index is 673. The molecule has 2 rings (SSSR count). The molecule has 20 heavy (non-hydrogen) atoms. The molecular formula is C16H15NO3. The number of benzene rings is 2. The second kappa shape index (κ2) is 5.98. The molecule has 0 aliphatic heterocycles. The minimum atomic E-state index is -0.740. The fraction of sp³-hybridized carbons (Fsp3) is 0.188. The zero-order valence-electron chi connectivity index (χ0n) is 11.1. The summed E-state index contributed by atoms with van der Waals surface area (Å²) >= 11 is 0. The van der Waals surface area contributed by atoms with E-state index in [0.717, 1.165) is 10.8 Å². The summed E-state index contributed by atoms with van der Waals surface area (Å²) in [6.45, 7) is 1.75. The molecule has 0 radical (unpaired) electrons. The third kappa shape index (κ3) is 3.01. The lowest BCUT2D eigenvalue weighted by Gasteiger charge is -2.15. The molecule has 2 aromatic rings. The van der Waals surface area contributed by atoms with E-state index in [4.69, 9.17) is 11.2 Å². The number of phenolic OH excluding ortho intramolecular Hbond substituents is 1. The predicted octanol–water partition coefficient (Wildman–Crippen LogP) is 2.06. The number of hydrogen-bond donors (Lipinski definition) is 2. The highest BCUT2D eigenvalue weighted by Gasteiger charge is 2.16. The lowest BCUT2D eigenvalue weighted by molar-refractivity contribution is -0.127. The predicted molar refractivity (Wildman–Crippen MR) is 77.5 cm³/mol. The molecule has 1 atom stereocenters. The van der Waals surface area contributed by atoms with Crippen molar-refractivity contribution in [1.29, 1.82) is 0 Å². The summed E-state index contributed by atoms with van der Waals surface area (Å²) < 4.78 is 5.48. The SMILES string of the molecule is C#CCNC(=O)C(C)Oc1cc2ccccc2cc1O. The van der Waals surface area contributed by atoms with Crippen molar-refractivity contribution in [1.82, 2.24) is 5.32 Å². The summed E-state index contributed by atoms with van der Waals surface area (Å²) in [4.78, 5) is 11.7. The van der Waals surface area contributed by atoms with Gasteiger partial charge in [0.1, 0.15) is 0 Å². The van der Waals surface area contributed by atoms with Crippen molar-refractivity contribution >= 4 is 16.7 Å². The van der Waals surface area contributed by atoms with E-state index in [-0.39, 0.29) is 24.0 Å². The summed E-state index contributed by atoms with van der Waals surface area (Å²) in [5.41, 5.74) is 0. The van der Waals surface area contributed by atoms with E-state index in [1.165, 1.54) is 0 Å². The molecule has 0 fully saturated rings. The van der Waals surface area contributed by atoms with E-state index in [0.29, 0.717) is 0 Å². The van der Waals surface area contributed by atoms with Crippen molar-refractivity contribution in [2.45, 2.75) is 13.0 Å². The molecule has 102 valence electrons. The van der Waals surface area contributed by atoms with Crippen molar-refractivity contribution in [3.05, 3.63) is 36.4 Å². The van der Waals surface area contributed by atoms with Crippen molar-refractivity contribution in [2.24, 2.45) is 0 Å². The molecule has 1 amide bonds. The van der Waals surface area contributed by atoms with Crippen LogP contribution in [0.3, 0.4) is 0 Å². The minimum absolute atomic E-state index is 0.000278. The number of ether oxygens (including phenoxy) is 1. The Morgan fingerprint density at radius 1 is 1.40 bits per heavy atom. The molecule has 2 N–H and O–H groups in total. The number of carbonyl (C=O) groups is 1. The first kappa shape index (κ1) is 13.8. The summed E-state index contributed by atoms with van der Waals surface area (Å²) in [5, 5.41) is 14.3. The van der Waals surface area contributed by atoms with E-state index in [9.17, 15) is 9.90 Å². The molecule has 2 aromatic carbocycles. The quantitative estimate of drug-likeness (QED) is 0.835. The summed E-state index contributed by atoms with van der Waals surface area (Å²) in [6, 6.07) is 10.9. The molecule has 4 heteroatoms. The molecule has 0 saturated heterocycles. The second-order valence-electron chi connectivity index (χ2n) is 4.35. The average Bonchev–Trinajstić information content (AvgIpc) is 2.45. The third-order valence-corrected chi connectivity index (χ3v) is 2.86.